The third-order valence-corrected chi connectivity index (χ3v) is 5.43. The molecule has 0 bridgehead atoms. The number of aromatic amines is 1. The smallest absolute Gasteiger partial charge is 0.320 e. The largest absolute Gasteiger partial charge is 0.348 e. The molecule has 1 aromatic heterocycles. The third kappa shape index (κ3) is 4.87. The first-order chi connectivity index (χ1) is 13.9. The molecule has 3 rings (SSSR count). The van der Waals surface area contributed by atoms with Gasteiger partial charge in [-0.3, -0.25) is 9.59 Å². The number of rotatable bonds is 4. The summed E-state index contributed by atoms with van der Waals surface area (Å²) in [5, 5.41) is 17.2. The zero-order valence-corrected chi connectivity index (χ0v) is 18.9. The van der Waals surface area contributed by atoms with Crippen molar-refractivity contribution in [3.63, 3.8) is 0 Å². The van der Waals surface area contributed by atoms with Crippen LogP contribution in [-0.2, 0) is 0 Å². The predicted molar refractivity (Wildman–Crippen MR) is 118 cm³/mol. The number of hydrogen-bond acceptors (Lipinski definition) is 5. The summed E-state index contributed by atoms with van der Waals surface area (Å²) >= 11 is 0. The van der Waals surface area contributed by atoms with Gasteiger partial charge in [0.1, 0.15) is 0 Å². The van der Waals surface area contributed by atoms with Crippen molar-refractivity contribution < 1.29 is 4.79 Å². The van der Waals surface area contributed by atoms with Gasteiger partial charge in [0.25, 0.3) is 5.91 Å². The maximum absolute atomic E-state index is 12.7. The van der Waals surface area contributed by atoms with E-state index in [-0.39, 0.29) is 22.8 Å². The van der Waals surface area contributed by atoms with Gasteiger partial charge in [-0.05, 0) is 72.4 Å². The molecule has 1 aromatic carbocycles. The first kappa shape index (κ1) is 22.0. The Morgan fingerprint density at radius 3 is 2.30 bits per heavy atom. The predicted octanol–water partition coefficient (Wildman–Crippen LogP) is 2.42. The molecule has 0 aliphatic carbocycles. The lowest BCUT2D eigenvalue weighted by Crippen LogP contribution is -2.62. The minimum Gasteiger partial charge on any atom is -0.348 e. The molecule has 8 nitrogen and oxygen atoms in total. The normalized spacial score (nSPS) is 18.6. The van der Waals surface area contributed by atoms with Crippen LogP contribution in [0.4, 0.5) is 0 Å². The number of carbonyl (C=O) groups is 1. The van der Waals surface area contributed by atoms with E-state index in [1.807, 2.05) is 20.8 Å². The summed E-state index contributed by atoms with van der Waals surface area (Å²) in [5.41, 5.74) is 3.27. The molecule has 1 aliphatic rings. The van der Waals surface area contributed by atoms with Gasteiger partial charge in [-0.25, -0.2) is 0 Å². The molecule has 0 radical (unpaired) electrons. The topological polar surface area (TPSA) is 104 Å². The van der Waals surface area contributed by atoms with E-state index in [0.717, 1.165) is 34.3 Å². The van der Waals surface area contributed by atoms with Gasteiger partial charge in [-0.2, -0.15) is 10.3 Å². The molecule has 162 valence electrons. The Morgan fingerprint density at radius 1 is 1.17 bits per heavy atom. The molecular weight excluding hydrogens is 380 g/mol. The third-order valence-electron chi connectivity index (χ3n) is 5.43. The number of piperidine rings is 1. The van der Waals surface area contributed by atoms with Crippen molar-refractivity contribution in [1.82, 2.24) is 25.7 Å². The van der Waals surface area contributed by atoms with Crippen LogP contribution >= 0.6 is 0 Å². The first-order valence-corrected chi connectivity index (χ1v) is 10.3. The van der Waals surface area contributed by atoms with Gasteiger partial charge in [0.15, 0.2) is 0 Å². The lowest BCUT2D eigenvalue weighted by atomic mass is 9.79. The van der Waals surface area contributed by atoms with Crippen molar-refractivity contribution in [2.45, 2.75) is 78.4 Å². The van der Waals surface area contributed by atoms with Crippen LogP contribution in [-0.4, -0.2) is 44.3 Å². The number of aromatic nitrogens is 3. The molecule has 8 heteroatoms. The van der Waals surface area contributed by atoms with E-state index in [1.165, 1.54) is 5.56 Å². The second-order valence-electron chi connectivity index (χ2n) is 9.71. The molecule has 0 unspecified atom stereocenters. The fourth-order valence-corrected chi connectivity index (χ4v) is 4.71. The molecule has 0 saturated carbocycles. The summed E-state index contributed by atoms with van der Waals surface area (Å²) in [7, 11) is 0. The summed E-state index contributed by atoms with van der Waals surface area (Å²) < 4.78 is 0. The van der Waals surface area contributed by atoms with Crippen molar-refractivity contribution in [3.05, 3.63) is 50.4 Å². The second kappa shape index (κ2) is 7.83. The Bertz CT molecular complexity index is 1010. The van der Waals surface area contributed by atoms with E-state index in [4.69, 9.17) is 0 Å². The number of aryl methyl sites for hydroxylation is 3. The Hall–Kier alpha value is -2.74. The van der Waals surface area contributed by atoms with Crippen molar-refractivity contribution in [3.8, 4) is 0 Å². The van der Waals surface area contributed by atoms with Gasteiger partial charge in [0, 0.05) is 22.7 Å². The maximum atomic E-state index is 12.7. The number of benzene rings is 1. The highest BCUT2D eigenvalue weighted by atomic mass is 16.2. The molecule has 2 heterocycles. The van der Waals surface area contributed by atoms with E-state index >= 15 is 0 Å². The summed E-state index contributed by atoms with van der Waals surface area (Å²) in [6.07, 6.45) is 3.15. The molecule has 1 aliphatic heterocycles. The number of nitrogens with zero attached hydrogens (tertiary/aromatic N) is 3. The van der Waals surface area contributed by atoms with E-state index in [9.17, 15) is 9.59 Å². The van der Waals surface area contributed by atoms with Crippen LogP contribution in [0.25, 0.3) is 0 Å². The number of H-pyrrole nitrogens is 1. The fourth-order valence-electron chi connectivity index (χ4n) is 4.71. The molecule has 1 fully saturated rings. The molecular formula is C22H32N6O2. The van der Waals surface area contributed by atoms with Crippen LogP contribution in [0, 0.1) is 20.8 Å². The molecule has 3 N–H and O–H groups in total. The van der Waals surface area contributed by atoms with E-state index < -0.39 is 11.5 Å². The van der Waals surface area contributed by atoms with Gasteiger partial charge < -0.3 is 10.6 Å². The number of hydrogen-bond donors (Lipinski definition) is 3. The molecule has 2 aromatic rings. The fraction of sp³-hybridized carbons (Fsp3) is 0.545. The van der Waals surface area contributed by atoms with E-state index in [2.05, 4.69) is 65.9 Å². The number of carbonyl (C=O) groups excluding carboxylic acids is 1. The van der Waals surface area contributed by atoms with Crippen LogP contribution in [0.15, 0.2) is 22.0 Å². The average molecular weight is 413 g/mol. The van der Waals surface area contributed by atoms with Crippen LogP contribution in [0.5, 0.6) is 0 Å². The maximum Gasteiger partial charge on any atom is 0.320 e. The van der Waals surface area contributed by atoms with E-state index in [0.29, 0.717) is 0 Å². The van der Waals surface area contributed by atoms with Gasteiger partial charge in [-0.15, -0.1) is 9.89 Å². The van der Waals surface area contributed by atoms with Gasteiger partial charge >= 0.3 is 5.56 Å². The minimum absolute atomic E-state index is 0.0466. The SMILES string of the molecule is Cc1cc(C)c(C=Nn2[nH]nc(C(=O)NC3CC(C)(C)NC(C)(C)C3)c2=O)c(C)c1. The van der Waals surface area contributed by atoms with Gasteiger partial charge in [0.2, 0.25) is 5.69 Å². The standard InChI is InChI=1S/C22H32N6O2/c1-13-8-14(2)17(15(3)9-13)12-23-28-20(30)18(25-27-28)19(29)24-16-10-21(4,5)26-22(6,7)11-16/h8-9,12,16,26-27H,10-11H2,1-7H3,(H,24,29). The monoisotopic (exact) mass is 412 g/mol. The highest BCUT2D eigenvalue weighted by molar-refractivity contribution is 5.92. The summed E-state index contributed by atoms with van der Waals surface area (Å²) in [4.78, 5) is 26.3. The summed E-state index contributed by atoms with van der Waals surface area (Å²) in [5.74, 6) is -0.480. The quantitative estimate of drug-likeness (QED) is 0.671. The zero-order chi connectivity index (χ0) is 22.3. The zero-order valence-electron chi connectivity index (χ0n) is 18.9. The molecule has 0 spiro atoms. The van der Waals surface area contributed by atoms with E-state index in [1.54, 1.807) is 6.21 Å². The highest BCUT2D eigenvalue weighted by Gasteiger charge is 2.38. The van der Waals surface area contributed by atoms with Gasteiger partial charge in [0.05, 0.1) is 6.21 Å². The van der Waals surface area contributed by atoms with Crippen LogP contribution in [0.3, 0.4) is 0 Å². The Labute approximate surface area is 177 Å². The molecule has 1 amide bonds. The number of nitrogens with one attached hydrogen (secondary N) is 3. The summed E-state index contributed by atoms with van der Waals surface area (Å²) in [6.45, 7) is 14.5. The van der Waals surface area contributed by atoms with Crippen LogP contribution < -0.4 is 16.2 Å². The van der Waals surface area contributed by atoms with Crippen LogP contribution in [0.2, 0.25) is 0 Å². The minimum atomic E-state index is -0.571. The van der Waals surface area contributed by atoms with Crippen molar-refractivity contribution in [2.75, 3.05) is 0 Å². The van der Waals surface area contributed by atoms with Gasteiger partial charge in [-0.1, -0.05) is 17.7 Å². The molecule has 0 atom stereocenters. The lowest BCUT2D eigenvalue weighted by molar-refractivity contribution is 0.0867. The Balaban J connectivity index is 1.77. The van der Waals surface area contributed by atoms with Crippen LogP contribution in [0.1, 0.15) is 73.3 Å². The lowest BCUT2D eigenvalue weighted by Gasteiger charge is -2.46. The molecule has 1 saturated heterocycles. The van der Waals surface area contributed by atoms with Crippen molar-refractivity contribution >= 4 is 12.1 Å². The summed E-state index contributed by atoms with van der Waals surface area (Å²) in [6, 6.07) is 4.07. The highest BCUT2D eigenvalue weighted by Crippen LogP contribution is 2.28. The second-order valence-corrected chi connectivity index (χ2v) is 9.71. The Morgan fingerprint density at radius 2 is 1.73 bits per heavy atom. The number of amides is 1. The average Bonchev–Trinajstić information content (AvgIpc) is 2.91. The molecule has 30 heavy (non-hydrogen) atoms. The first-order valence-electron chi connectivity index (χ1n) is 10.3. The van der Waals surface area contributed by atoms with Crippen molar-refractivity contribution in [1.29, 1.82) is 0 Å². The van der Waals surface area contributed by atoms with Crippen molar-refractivity contribution in [2.24, 2.45) is 5.10 Å². The Kier molecular flexibility index (Phi) is 5.73.